The molecular formula is C16H17FN2O2. The van der Waals surface area contributed by atoms with Crippen molar-refractivity contribution in [3.05, 3.63) is 53.8 Å². The van der Waals surface area contributed by atoms with Gasteiger partial charge in [0.25, 0.3) is 5.91 Å². The number of anilines is 2. The normalized spacial score (nSPS) is 10.2. The Morgan fingerprint density at radius 1 is 1.24 bits per heavy atom. The van der Waals surface area contributed by atoms with Crippen LogP contribution >= 0.6 is 0 Å². The lowest BCUT2D eigenvalue weighted by atomic mass is 10.1. The molecule has 0 unspecified atom stereocenters. The molecule has 2 aromatic carbocycles. The third-order valence-corrected chi connectivity index (χ3v) is 3.09. The zero-order valence-corrected chi connectivity index (χ0v) is 12.0. The lowest BCUT2D eigenvalue weighted by Crippen LogP contribution is -2.28. The second kappa shape index (κ2) is 6.26. The first-order valence-corrected chi connectivity index (χ1v) is 6.60. The van der Waals surface area contributed by atoms with Gasteiger partial charge >= 0.3 is 0 Å². The predicted octanol–water partition coefficient (Wildman–Crippen LogP) is 3.08. The number of halogens is 1. The van der Waals surface area contributed by atoms with Crippen molar-refractivity contribution < 1.29 is 13.9 Å². The lowest BCUT2D eigenvalue weighted by Gasteiger charge is -2.20. The maximum absolute atomic E-state index is 13.8. The molecule has 0 aromatic heterocycles. The van der Waals surface area contributed by atoms with E-state index in [1.54, 1.807) is 30.3 Å². The van der Waals surface area contributed by atoms with Crippen molar-refractivity contribution in [2.75, 3.05) is 24.3 Å². The summed E-state index contributed by atoms with van der Waals surface area (Å²) >= 11 is 0. The molecule has 2 N–H and O–H groups in total. The minimum atomic E-state index is -0.471. The first-order chi connectivity index (χ1) is 10.1. The number of benzene rings is 2. The van der Waals surface area contributed by atoms with Crippen LogP contribution in [0.1, 0.15) is 17.3 Å². The van der Waals surface area contributed by atoms with Gasteiger partial charge in [-0.05, 0) is 31.2 Å². The monoisotopic (exact) mass is 288 g/mol. The number of carbonyl (C=O) groups is 1. The van der Waals surface area contributed by atoms with Gasteiger partial charge < -0.3 is 15.4 Å². The highest BCUT2D eigenvalue weighted by Crippen LogP contribution is 2.28. The predicted molar refractivity (Wildman–Crippen MR) is 81.2 cm³/mol. The summed E-state index contributed by atoms with van der Waals surface area (Å²) in [6.45, 7) is 2.23. The van der Waals surface area contributed by atoms with Crippen LogP contribution in [0.4, 0.5) is 15.8 Å². The molecule has 4 nitrogen and oxygen atoms in total. The van der Waals surface area contributed by atoms with Crippen LogP contribution in [0.2, 0.25) is 0 Å². The Hall–Kier alpha value is -2.56. The Balaban J connectivity index is 2.43. The van der Waals surface area contributed by atoms with Gasteiger partial charge in [0.05, 0.1) is 12.3 Å². The molecule has 0 bridgehead atoms. The molecule has 0 aliphatic carbocycles. The Morgan fingerprint density at radius 2 is 1.95 bits per heavy atom. The van der Waals surface area contributed by atoms with Gasteiger partial charge in [0.15, 0.2) is 0 Å². The number of nitrogens with zero attached hydrogens (tertiary/aromatic N) is 1. The molecule has 0 aliphatic heterocycles. The van der Waals surface area contributed by atoms with Crippen LogP contribution < -0.4 is 15.4 Å². The second-order valence-corrected chi connectivity index (χ2v) is 4.47. The van der Waals surface area contributed by atoms with Crippen LogP contribution in [0, 0.1) is 5.82 Å². The number of hydrogen-bond acceptors (Lipinski definition) is 3. The SMILES string of the molecule is CCOc1cccc(N)c1C(=O)N(C)c1ccccc1F. The van der Waals surface area contributed by atoms with Crippen molar-refractivity contribution in [3.63, 3.8) is 0 Å². The molecule has 0 atom stereocenters. The van der Waals surface area contributed by atoms with E-state index in [9.17, 15) is 9.18 Å². The fourth-order valence-electron chi connectivity index (χ4n) is 2.05. The standard InChI is InChI=1S/C16H17FN2O2/c1-3-21-14-10-6-8-12(18)15(14)16(20)19(2)13-9-5-4-7-11(13)17/h4-10H,3,18H2,1-2H3. The van der Waals surface area contributed by atoms with Gasteiger partial charge in [-0.2, -0.15) is 0 Å². The Labute approximate surface area is 122 Å². The maximum atomic E-state index is 13.8. The minimum Gasteiger partial charge on any atom is -0.493 e. The molecule has 0 spiro atoms. The molecular weight excluding hydrogens is 271 g/mol. The topological polar surface area (TPSA) is 55.6 Å². The Bertz CT molecular complexity index is 658. The summed E-state index contributed by atoms with van der Waals surface area (Å²) in [6.07, 6.45) is 0. The summed E-state index contributed by atoms with van der Waals surface area (Å²) in [7, 11) is 1.50. The zero-order chi connectivity index (χ0) is 15.4. The minimum absolute atomic E-state index is 0.188. The Morgan fingerprint density at radius 3 is 2.62 bits per heavy atom. The summed E-state index contributed by atoms with van der Waals surface area (Å²) < 4.78 is 19.2. The van der Waals surface area contributed by atoms with E-state index in [-0.39, 0.29) is 11.3 Å². The van der Waals surface area contributed by atoms with Crippen LogP contribution in [-0.4, -0.2) is 19.6 Å². The fraction of sp³-hybridized carbons (Fsp3) is 0.188. The number of ether oxygens (including phenoxy) is 1. The first-order valence-electron chi connectivity index (χ1n) is 6.60. The summed E-state index contributed by atoms with van der Waals surface area (Å²) in [4.78, 5) is 13.8. The molecule has 110 valence electrons. The number of nitrogen functional groups attached to an aromatic ring is 1. The van der Waals surface area contributed by atoms with Gasteiger partial charge in [0.1, 0.15) is 17.1 Å². The molecule has 0 aliphatic rings. The quantitative estimate of drug-likeness (QED) is 0.880. The van der Waals surface area contributed by atoms with Gasteiger partial charge in [-0.15, -0.1) is 0 Å². The highest BCUT2D eigenvalue weighted by Gasteiger charge is 2.22. The van der Waals surface area contributed by atoms with Crippen LogP contribution in [0.25, 0.3) is 0 Å². The van der Waals surface area contributed by atoms with E-state index in [4.69, 9.17) is 10.5 Å². The molecule has 21 heavy (non-hydrogen) atoms. The Kier molecular flexibility index (Phi) is 4.42. The van der Waals surface area contributed by atoms with Gasteiger partial charge in [0.2, 0.25) is 0 Å². The van der Waals surface area contributed by atoms with Crippen molar-refractivity contribution in [3.8, 4) is 5.75 Å². The summed E-state index contributed by atoms with van der Waals surface area (Å²) in [5.41, 5.74) is 6.61. The van der Waals surface area contributed by atoms with Gasteiger partial charge in [-0.3, -0.25) is 4.79 Å². The van der Waals surface area contributed by atoms with Crippen LogP contribution in [0.3, 0.4) is 0 Å². The smallest absolute Gasteiger partial charge is 0.263 e. The van der Waals surface area contributed by atoms with Crippen molar-refractivity contribution >= 4 is 17.3 Å². The first kappa shape index (κ1) is 14.8. The summed E-state index contributed by atoms with van der Waals surface area (Å²) in [5, 5.41) is 0. The third kappa shape index (κ3) is 2.97. The van der Waals surface area contributed by atoms with E-state index in [0.29, 0.717) is 18.0 Å². The number of amides is 1. The van der Waals surface area contributed by atoms with Gasteiger partial charge in [-0.1, -0.05) is 18.2 Å². The van der Waals surface area contributed by atoms with E-state index in [1.807, 2.05) is 6.92 Å². The number of hydrogen-bond donors (Lipinski definition) is 1. The van der Waals surface area contributed by atoms with Gasteiger partial charge in [-0.25, -0.2) is 4.39 Å². The molecule has 2 aromatic rings. The molecule has 0 fully saturated rings. The number of para-hydroxylation sites is 1. The average Bonchev–Trinajstić information content (AvgIpc) is 2.47. The second-order valence-electron chi connectivity index (χ2n) is 4.47. The van der Waals surface area contributed by atoms with Crippen LogP contribution in [0.15, 0.2) is 42.5 Å². The van der Waals surface area contributed by atoms with Crippen molar-refractivity contribution in [2.24, 2.45) is 0 Å². The molecule has 0 saturated heterocycles. The van der Waals surface area contributed by atoms with E-state index >= 15 is 0 Å². The zero-order valence-electron chi connectivity index (χ0n) is 12.0. The van der Waals surface area contributed by atoms with E-state index in [1.165, 1.54) is 24.1 Å². The molecule has 0 radical (unpaired) electrons. The highest BCUT2D eigenvalue weighted by atomic mass is 19.1. The molecule has 1 amide bonds. The lowest BCUT2D eigenvalue weighted by molar-refractivity contribution is 0.0989. The summed E-state index contributed by atoms with van der Waals surface area (Å²) in [6, 6.07) is 11.1. The average molecular weight is 288 g/mol. The molecule has 0 saturated carbocycles. The van der Waals surface area contributed by atoms with Crippen molar-refractivity contribution in [2.45, 2.75) is 6.92 Å². The maximum Gasteiger partial charge on any atom is 0.263 e. The van der Waals surface area contributed by atoms with Crippen molar-refractivity contribution in [1.29, 1.82) is 0 Å². The van der Waals surface area contributed by atoms with Crippen molar-refractivity contribution in [1.82, 2.24) is 0 Å². The van der Waals surface area contributed by atoms with Crippen LogP contribution in [-0.2, 0) is 0 Å². The van der Waals surface area contributed by atoms with E-state index in [0.717, 1.165) is 0 Å². The van der Waals surface area contributed by atoms with Crippen LogP contribution in [0.5, 0.6) is 5.75 Å². The summed E-state index contributed by atoms with van der Waals surface area (Å²) in [5.74, 6) is -0.492. The number of carbonyl (C=O) groups excluding carboxylic acids is 1. The van der Waals surface area contributed by atoms with Gasteiger partial charge in [0, 0.05) is 12.7 Å². The molecule has 2 rings (SSSR count). The highest BCUT2D eigenvalue weighted by molar-refractivity contribution is 6.11. The number of nitrogens with two attached hydrogens (primary N) is 1. The van der Waals surface area contributed by atoms with E-state index in [2.05, 4.69) is 0 Å². The molecule has 5 heteroatoms. The largest absolute Gasteiger partial charge is 0.493 e. The molecule has 0 heterocycles. The van der Waals surface area contributed by atoms with E-state index < -0.39 is 11.7 Å². The number of rotatable bonds is 4. The fourth-order valence-corrected chi connectivity index (χ4v) is 2.05. The third-order valence-electron chi connectivity index (χ3n) is 3.09.